The maximum atomic E-state index is 12.1. The molecule has 0 heterocycles. The summed E-state index contributed by atoms with van der Waals surface area (Å²) in [6, 6.07) is 16.7. The Morgan fingerprint density at radius 2 is 1.72 bits per heavy atom. The van der Waals surface area contributed by atoms with Gasteiger partial charge in [0.05, 0.1) is 6.54 Å². The number of carbonyl (C=O) groups is 1. The van der Waals surface area contributed by atoms with Crippen molar-refractivity contribution in [3.63, 3.8) is 0 Å². The molecule has 0 radical (unpaired) electrons. The van der Waals surface area contributed by atoms with Crippen LogP contribution in [0.5, 0.6) is 5.75 Å². The molecule has 0 aliphatic rings. The number of hydrogen-bond donors (Lipinski definition) is 4. The van der Waals surface area contributed by atoms with E-state index in [9.17, 15) is 9.90 Å². The van der Waals surface area contributed by atoms with Gasteiger partial charge < -0.3 is 21.1 Å². The lowest BCUT2D eigenvalue weighted by molar-refractivity contribution is 0.0953. The largest absolute Gasteiger partial charge is 0.508 e. The van der Waals surface area contributed by atoms with E-state index < -0.39 is 0 Å². The maximum absolute atomic E-state index is 12.1. The fourth-order valence-electron chi connectivity index (χ4n) is 2.85. The van der Waals surface area contributed by atoms with Gasteiger partial charge in [-0.2, -0.15) is 0 Å². The van der Waals surface area contributed by atoms with Crippen molar-refractivity contribution in [2.45, 2.75) is 32.6 Å². The van der Waals surface area contributed by atoms with Crippen molar-refractivity contribution in [1.29, 1.82) is 0 Å². The molecule has 0 aliphatic heterocycles. The Kier molecular flexibility index (Phi) is 8.52. The molecule has 29 heavy (non-hydrogen) atoms. The van der Waals surface area contributed by atoms with Crippen LogP contribution in [0.15, 0.2) is 59.6 Å². The summed E-state index contributed by atoms with van der Waals surface area (Å²) in [5, 5.41) is 18.9. The van der Waals surface area contributed by atoms with Crippen molar-refractivity contribution in [3.05, 3.63) is 65.7 Å². The van der Waals surface area contributed by atoms with E-state index in [1.807, 2.05) is 13.0 Å². The van der Waals surface area contributed by atoms with Crippen LogP contribution in [0.2, 0.25) is 0 Å². The second kappa shape index (κ2) is 11.1. The number of phenols is 1. The Hall–Kier alpha value is -3.02. The first-order chi connectivity index (χ1) is 13.9. The van der Waals surface area contributed by atoms with Gasteiger partial charge in [0.15, 0.2) is 5.96 Å². The first kappa shape index (κ1) is 22.3. The average molecular weight is 397 g/mol. The molecule has 4 N–H and O–H groups in total. The predicted molar refractivity (Wildman–Crippen MR) is 119 cm³/mol. The monoisotopic (exact) mass is 396 g/mol. The van der Waals surface area contributed by atoms with Crippen LogP contribution in [0.4, 0.5) is 0 Å². The summed E-state index contributed by atoms with van der Waals surface area (Å²) >= 11 is 0. The number of aliphatic imine (C=N–C) groups is 1. The molecular weight excluding hydrogens is 364 g/mol. The molecule has 0 bridgehead atoms. The van der Waals surface area contributed by atoms with Gasteiger partial charge in [0, 0.05) is 30.6 Å². The summed E-state index contributed by atoms with van der Waals surface area (Å²) in [6.45, 7) is 9.09. The SMILES string of the molecule is CCNC(=NCC(C)(C)c1ccccc1)NCCCNC(=O)c1cccc(O)c1. The fourth-order valence-corrected chi connectivity index (χ4v) is 2.85. The lowest BCUT2D eigenvalue weighted by atomic mass is 9.85. The van der Waals surface area contributed by atoms with Crippen LogP contribution in [0, 0.1) is 0 Å². The number of carbonyl (C=O) groups excluding carboxylic acids is 1. The third kappa shape index (κ3) is 7.49. The van der Waals surface area contributed by atoms with Crippen LogP contribution in [-0.2, 0) is 5.41 Å². The summed E-state index contributed by atoms with van der Waals surface area (Å²) < 4.78 is 0. The van der Waals surface area contributed by atoms with Crippen molar-refractivity contribution in [2.75, 3.05) is 26.2 Å². The van der Waals surface area contributed by atoms with Crippen molar-refractivity contribution in [3.8, 4) is 5.75 Å². The van der Waals surface area contributed by atoms with E-state index in [-0.39, 0.29) is 17.1 Å². The molecule has 0 saturated carbocycles. The molecule has 0 aromatic heterocycles. The topological polar surface area (TPSA) is 85.8 Å². The lowest BCUT2D eigenvalue weighted by Gasteiger charge is -2.24. The summed E-state index contributed by atoms with van der Waals surface area (Å²) in [5.41, 5.74) is 1.66. The molecule has 0 saturated heterocycles. The third-order valence-corrected chi connectivity index (χ3v) is 4.57. The van der Waals surface area contributed by atoms with E-state index in [0.717, 1.165) is 18.9 Å². The Morgan fingerprint density at radius 1 is 1.00 bits per heavy atom. The number of phenolic OH excluding ortho intramolecular Hbond substituents is 1. The molecule has 0 atom stereocenters. The first-order valence-corrected chi connectivity index (χ1v) is 10.1. The number of guanidine groups is 1. The van der Waals surface area contributed by atoms with Crippen LogP contribution < -0.4 is 16.0 Å². The molecule has 2 aromatic carbocycles. The van der Waals surface area contributed by atoms with Gasteiger partial charge in [0.2, 0.25) is 0 Å². The zero-order chi connectivity index (χ0) is 21.1. The highest BCUT2D eigenvalue weighted by atomic mass is 16.3. The van der Waals surface area contributed by atoms with Crippen molar-refractivity contribution >= 4 is 11.9 Å². The molecule has 6 nitrogen and oxygen atoms in total. The van der Waals surface area contributed by atoms with E-state index in [0.29, 0.717) is 25.2 Å². The first-order valence-electron chi connectivity index (χ1n) is 10.1. The summed E-state index contributed by atoms with van der Waals surface area (Å²) in [4.78, 5) is 16.8. The smallest absolute Gasteiger partial charge is 0.251 e. The summed E-state index contributed by atoms with van der Waals surface area (Å²) in [7, 11) is 0. The minimum Gasteiger partial charge on any atom is -0.508 e. The van der Waals surface area contributed by atoms with E-state index >= 15 is 0 Å². The Morgan fingerprint density at radius 3 is 2.41 bits per heavy atom. The van der Waals surface area contributed by atoms with Gasteiger partial charge in [-0.25, -0.2) is 0 Å². The van der Waals surface area contributed by atoms with Crippen LogP contribution in [0.1, 0.15) is 43.1 Å². The van der Waals surface area contributed by atoms with Gasteiger partial charge in [0.1, 0.15) is 5.75 Å². The van der Waals surface area contributed by atoms with Crippen molar-refractivity contribution < 1.29 is 9.90 Å². The number of benzene rings is 2. The number of nitrogens with one attached hydrogen (secondary N) is 3. The second-order valence-electron chi connectivity index (χ2n) is 7.53. The van der Waals surface area contributed by atoms with Gasteiger partial charge >= 0.3 is 0 Å². The zero-order valence-corrected chi connectivity index (χ0v) is 17.5. The average Bonchev–Trinajstić information content (AvgIpc) is 2.72. The highest BCUT2D eigenvalue weighted by Gasteiger charge is 2.20. The zero-order valence-electron chi connectivity index (χ0n) is 17.5. The molecule has 2 rings (SSSR count). The standard InChI is InChI=1S/C23H32N4O2/c1-4-24-22(27-17-23(2,3)19-11-6-5-7-12-19)26-15-9-14-25-21(29)18-10-8-13-20(28)16-18/h5-8,10-13,16,28H,4,9,14-15,17H2,1-3H3,(H,25,29)(H2,24,26,27). The number of rotatable bonds is 9. The fraction of sp³-hybridized carbons (Fsp3) is 0.391. The van der Waals surface area contributed by atoms with E-state index in [1.165, 1.54) is 11.6 Å². The van der Waals surface area contributed by atoms with E-state index in [1.54, 1.807) is 18.2 Å². The molecule has 0 unspecified atom stereocenters. The van der Waals surface area contributed by atoms with Crippen LogP contribution in [0.25, 0.3) is 0 Å². The van der Waals surface area contributed by atoms with Crippen molar-refractivity contribution in [1.82, 2.24) is 16.0 Å². The number of aromatic hydroxyl groups is 1. The van der Waals surface area contributed by atoms with Crippen molar-refractivity contribution in [2.24, 2.45) is 4.99 Å². The second-order valence-corrected chi connectivity index (χ2v) is 7.53. The van der Waals surface area contributed by atoms with E-state index in [4.69, 9.17) is 4.99 Å². The highest BCUT2D eigenvalue weighted by Crippen LogP contribution is 2.22. The summed E-state index contributed by atoms with van der Waals surface area (Å²) in [5.74, 6) is 0.672. The number of hydrogen-bond acceptors (Lipinski definition) is 3. The van der Waals surface area contributed by atoms with Crippen LogP contribution in [0.3, 0.4) is 0 Å². The molecule has 1 amide bonds. The van der Waals surface area contributed by atoms with Crippen LogP contribution in [-0.4, -0.2) is 43.2 Å². The molecule has 2 aromatic rings. The van der Waals surface area contributed by atoms with Gasteiger partial charge in [-0.15, -0.1) is 0 Å². The minimum atomic E-state index is -0.189. The van der Waals surface area contributed by atoms with Gasteiger partial charge in [0.25, 0.3) is 5.91 Å². The lowest BCUT2D eigenvalue weighted by Crippen LogP contribution is -2.39. The Labute approximate surface area is 173 Å². The normalized spacial score (nSPS) is 11.8. The Balaban J connectivity index is 1.78. The minimum absolute atomic E-state index is 0.0567. The van der Waals surface area contributed by atoms with E-state index in [2.05, 4.69) is 54.1 Å². The number of nitrogens with zero attached hydrogens (tertiary/aromatic N) is 1. The molecule has 0 spiro atoms. The molecular formula is C23H32N4O2. The molecule has 0 fully saturated rings. The Bertz CT molecular complexity index is 804. The number of amides is 1. The highest BCUT2D eigenvalue weighted by molar-refractivity contribution is 5.94. The molecule has 0 aliphatic carbocycles. The third-order valence-electron chi connectivity index (χ3n) is 4.57. The van der Waals surface area contributed by atoms with Gasteiger partial charge in [-0.3, -0.25) is 9.79 Å². The maximum Gasteiger partial charge on any atom is 0.251 e. The summed E-state index contributed by atoms with van der Waals surface area (Å²) in [6.07, 6.45) is 0.761. The van der Waals surface area contributed by atoms with Gasteiger partial charge in [-0.05, 0) is 37.1 Å². The van der Waals surface area contributed by atoms with Crippen LogP contribution >= 0.6 is 0 Å². The predicted octanol–water partition coefficient (Wildman–Crippen LogP) is 3.05. The molecule has 6 heteroatoms. The van der Waals surface area contributed by atoms with Gasteiger partial charge in [-0.1, -0.05) is 50.2 Å². The quantitative estimate of drug-likeness (QED) is 0.298. The molecule has 156 valence electrons.